The molecule has 0 saturated carbocycles. The van der Waals surface area contributed by atoms with Gasteiger partial charge in [0.05, 0.1) is 41.3 Å². The number of nitriles is 1. The normalized spacial score (nSPS) is 14.4. The molecule has 0 radical (unpaired) electrons. The zero-order valence-corrected chi connectivity index (χ0v) is 21.9. The van der Waals surface area contributed by atoms with Crippen molar-refractivity contribution in [2.24, 2.45) is 5.92 Å². The van der Waals surface area contributed by atoms with E-state index in [9.17, 15) is 5.26 Å². The molecule has 188 valence electrons. The molecule has 3 aromatic rings. The van der Waals surface area contributed by atoms with Crippen LogP contribution >= 0.6 is 0 Å². The zero-order chi connectivity index (χ0) is 25.5. The Labute approximate surface area is 215 Å². The minimum absolute atomic E-state index is 0.520. The van der Waals surface area contributed by atoms with Crippen LogP contribution in [0.15, 0.2) is 42.6 Å². The number of rotatable bonds is 8. The van der Waals surface area contributed by atoms with Gasteiger partial charge in [-0.3, -0.25) is 4.98 Å². The Kier molecular flexibility index (Phi) is 8.31. The number of aromatic nitrogens is 2. The van der Waals surface area contributed by atoms with Crippen molar-refractivity contribution in [3.8, 4) is 17.9 Å². The lowest BCUT2D eigenvalue weighted by molar-refractivity contribution is 0.0776. The molecule has 1 aromatic carbocycles. The van der Waals surface area contributed by atoms with Crippen LogP contribution in [0.2, 0.25) is 0 Å². The summed E-state index contributed by atoms with van der Waals surface area (Å²) in [6, 6.07) is 15.6. The summed E-state index contributed by atoms with van der Waals surface area (Å²) in [6.45, 7) is 12.2. The summed E-state index contributed by atoms with van der Waals surface area (Å²) >= 11 is 0. The summed E-state index contributed by atoms with van der Waals surface area (Å²) in [5.41, 5.74) is 4.64. The van der Waals surface area contributed by atoms with Gasteiger partial charge in [-0.05, 0) is 74.4 Å². The number of benzene rings is 1. The minimum atomic E-state index is -0.594. The highest BCUT2D eigenvalue weighted by Gasteiger charge is 2.21. The van der Waals surface area contributed by atoms with Gasteiger partial charge in [-0.2, -0.15) is 5.26 Å². The van der Waals surface area contributed by atoms with Gasteiger partial charge >= 0.3 is 0 Å². The number of nitrogens with one attached hydrogen (secondary N) is 2. The molecule has 36 heavy (non-hydrogen) atoms. The van der Waals surface area contributed by atoms with Gasteiger partial charge < -0.3 is 19.9 Å². The second kappa shape index (κ2) is 11.6. The highest BCUT2D eigenvalue weighted by atomic mass is 16.5. The molecule has 0 unspecified atom stereocenters. The van der Waals surface area contributed by atoms with E-state index >= 15 is 0 Å². The highest BCUT2D eigenvalue weighted by molar-refractivity contribution is 5.83. The molecule has 2 N–H and O–H groups in total. The Morgan fingerprint density at radius 3 is 2.67 bits per heavy atom. The van der Waals surface area contributed by atoms with Crippen LogP contribution in [-0.2, 0) is 23.2 Å². The quantitative estimate of drug-likeness (QED) is 0.430. The topological polar surface area (TPSA) is 74.9 Å². The molecular formula is C30H37N5O. The molecule has 6 heteroatoms. The van der Waals surface area contributed by atoms with Crippen LogP contribution in [-0.4, -0.2) is 35.4 Å². The van der Waals surface area contributed by atoms with Gasteiger partial charge in [0.15, 0.2) is 0 Å². The van der Waals surface area contributed by atoms with E-state index in [-0.39, 0.29) is 0 Å². The summed E-state index contributed by atoms with van der Waals surface area (Å²) < 4.78 is 7.81. The van der Waals surface area contributed by atoms with Crippen LogP contribution in [0, 0.1) is 29.1 Å². The van der Waals surface area contributed by atoms with E-state index in [0.29, 0.717) is 18.5 Å². The summed E-state index contributed by atoms with van der Waals surface area (Å²) in [4.78, 5) is 4.44. The average molecular weight is 484 g/mol. The van der Waals surface area contributed by atoms with Crippen molar-refractivity contribution >= 4 is 16.6 Å². The van der Waals surface area contributed by atoms with Gasteiger partial charge in [-0.25, -0.2) is 0 Å². The van der Waals surface area contributed by atoms with Crippen molar-refractivity contribution < 1.29 is 4.74 Å². The number of nitrogens with zero attached hydrogens (tertiary/aromatic N) is 3. The molecule has 0 spiro atoms. The lowest BCUT2D eigenvalue weighted by Crippen LogP contribution is -2.34. The Morgan fingerprint density at radius 2 is 1.97 bits per heavy atom. The van der Waals surface area contributed by atoms with Crippen LogP contribution < -0.4 is 10.6 Å². The van der Waals surface area contributed by atoms with Crippen molar-refractivity contribution in [1.82, 2.24) is 14.9 Å². The summed E-state index contributed by atoms with van der Waals surface area (Å²) in [7, 11) is 0. The first-order valence-electron chi connectivity index (χ1n) is 12.9. The predicted molar refractivity (Wildman–Crippen MR) is 146 cm³/mol. The van der Waals surface area contributed by atoms with Gasteiger partial charge in [-0.1, -0.05) is 25.8 Å². The molecule has 2 aromatic heterocycles. The fourth-order valence-corrected chi connectivity index (χ4v) is 4.47. The minimum Gasteiger partial charge on any atom is -0.381 e. The number of ether oxygens (including phenoxy) is 1. The molecule has 0 bridgehead atoms. The van der Waals surface area contributed by atoms with Crippen molar-refractivity contribution in [3.05, 3.63) is 59.5 Å². The Morgan fingerprint density at radius 1 is 1.17 bits per heavy atom. The van der Waals surface area contributed by atoms with Gasteiger partial charge in [0, 0.05) is 43.2 Å². The van der Waals surface area contributed by atoms with Crippen molar-refractivity contribution in [2.75, 3.05) is 25.1 Å². The predicted octanol–water partition coefficient (Wildman–Crippen LogP) is 5.23. The molecule has 6 nitrogen and oxygen atoms in total. The van der Waals surface area contributed by atoms with Crippen molar-refractivity contribution in [3.63, 3.8) is 0 Å². The molecule has 1 fully saturated rings. The number of hydrogen-bond donors (Lipinski definition) is 2. The van der Waals surface area contributed by atoms with E-state index < -0.39 is 5.41 Å². The Hall–Kier alpha value is -3.32. The Bertz CT molecular complexity index is 1260. The van der Waals surface area contributed by atoms with Crippen LogP contribution in [0.4, 0.5) is 5.69 Å². The van der Waals surface area contributed by atoms with Crippen molar-refractivity contribution in [2.45, 2.75) is 65.1 Å². The van der Waals surface area contributed by atoms with Crippen molar-refractivity contribution in [1.29, 1.82) is 5.26 Å². The summed E-state index contributed by atoms with van der Waals surface area (Å²) in [6.07, 6.45) is 3.93. The molecule has 4 rings (SSSR count). The number of hydrogen-bond acceptors (Lipinski definition) is 5. The largest absolute Gasteiger partial charge is 0.381 e. The maximum Gasteiger partial charge on any atom is 0.0937 e. The fourth-order valence-electron chi connectivity index (χ4n) is 4.47. The molecule has 0 atom stereocenters. The summed E-state index contributed by atoms with van der Waals surface area (Å²) in [5, 5.41) is 17.5. The molecular weight excluding hydrogens is 446 g/mol. The molecule has 3 heterocycles. The second-order valence-electron chi connectivity index (χ2n) is 10.5. The first kappa shape index (κ1) is 25.8. The molecule has 1 aliphatic heterocycles. The van der Waals surface area contributed by atoms with Gasteiger partial charge in [0.25, 0.3) is 0 Å². The van der Waals surface area contributed by atoms with Gasteiger partial charge in [0.1, 0.15) is 0 Å². The Balaban J connectivity index is 1.45. The molecule has 1 saturated heterocycles. The van der Waals surface area contributed by atoms with E-state index in [1.807, 2.05) is 26.0 Å². The van der Waals surface area contributed by atoms with Crippen LogP contribution in [0.25, 0.3) is 10.9 Å². The SMILES string of the molecule is CC(C)Cn1c(C#CCNc2ccc(C(C)(C)C#N)nc2)cc2cc(CNC3CCOCC3)ccc21. The third-order valence-electron chi connectivity index (χ3n) is 6.61. The van der Waals surface area contributed by atoms with E-state index in [4.69, 9.17) is 4.74 Å². The maximum absolute atomic E-state index is 9.29. The lowest BCUT2D eigenvalue weighted by atomic mass is 9.91. The molecule has 1 aliphatic rings. The monoisotopic (exact) mass is 483 g/mol. The smallest absolute Gasteiger partial charge is 0.0937 e. The van der Waals surface area contributed by atoms with Crippen LogP contribution in [0.3, 0.4) is 0 Å². The number of anilines is 1. The van der Waals surface area contributed by atoms with Crippen LogP contribution in [0.5, 0.6) is 0 Å². The second-order valence-corrected chi connectivity index (χ2v) is 10.5. The standard InChI is InChI=1S/C30H37N5O/c1-22(2)20-35-27(6-5-13-32-26-8-10-29(34-19-26)30(3,4)21-31)17-24-16-23(7-9-28(24)35)18-33-25-11-14-36-15-12-25/h7-10,16-17,19,22,25,32-33H,11-15,18,20H2,1-4H3. The fraction of sp³-hybridized carbons (Fsp3) is 0.467. The van der Waals surface area contributed by atoms with Crippen LogP contribution in [0.1, 0.15) is 57.5 Å². The average Bonchev–Trinajstić information content (AvgIpc) is 3.22. The maximum atomic E-state index is 9.29. The third-order valence-corrected chi connectivity index (χ3v) is 6.61. The first-order chi connectivity index (χ1) is 17.4. The lowest BCUT2D eigenvalue weighted by Gasteiger charge is -2.23. The van der Waals surface area contributed by atoms with Gasteiger partial charge in [0.2, 0.25) is 0 Å². The number of fused-ring (bicyclic) bond motifs is 1. The van der Waals surface area contributed by atoms with E-state index in [1.54, 1.807) is 6.20 Å². The third kappa shape index (κ3) is 6.46. The molecule has 0 amide bonds. The van der Waals surface area contributed by atoms with E-state index in [2.05, 4.69) is 76.2 Å². The zero-order valence-electron chi connectivity index (χ0n) is 21.9. The van der Waals surface area contributed by atoms with E-state index in [0.717, 1.165) is 56.2 Å². The molecule has 0 aliphatic carbocycles. The first-order valence-corrected chi connectivity index (χ1v) is 12.9. The number of pyridine rings is 1. The summed E-state index contributed by atoms with van der Waals surface area (Å²) in [5.74, 6) is 7.19. The highest BCUT2D eigenvalue weighted by Crippen LogP contribution is 2.23. The van der Waals surface area contributed by atoms with Gasteiger partial charge in [-0.15, -0.1) is 0 Å². The van der Waals surface area contributed by atoms with E-state index in [1.165, 1.54) is 16.5 Å².